The quantitative estimate of drug-likeness (QED) is 0.862. The molecule has 5 nitrogen and oxygen atoms in total. The van der Waals surface area contributed by atoms with Gasteiger partial charge in [-0.3, -0.25) is 9.69 Å². The minimum absolute atomic E-state index is 0.0322. The summed E-state index contributed by atoms with van der Waals surface area (Å²) < 4.78 is 18.9. The average Bonchev–Trinajstić information content (AvgIpc) is 2.87. The smallest absolute Gasteiger partial charge is 0.325 e. The van der Waals surface area contributed by atoms with Gasteiger partial charge in [-0.2, -0.15) is 0 Å². The van der Waals surface area contributed by atoms with E-state index in [-0.39, 0.29) is 12.5 Å². The average molecular weight is 354 g/mol. The van der Waals surface area contributed by atoms with E-state index in [9.17, 15) is 14.0 Å². The summed E-state index contributed by atoms with van der Waals surface area (Å²) in [5.74, 6) is -0.288. The molecule has 1 unspecified atom stereocenters. The fourth-order valence-corrected chi connectivity index (χ4v) is 4.00. The first-order chi connectivity index (χ1) is 12.5. The first-order valence-electron chi connectivity index (χ1n) is 8.60. The molecule has 3 amide bonds. The molecule has 1 heterocycles. The summed E-state index contributed by atoms with van der Waals surface area (Å²) in [5.41, 5.74) is 1.37. The van der Waals surface area contributed by atoms with Crippen molar-refractivity contribution in [1.82, 2.24) is 10.2 Å². The first-order valence-corrected chi connectivity index (χ1v) is 8.60. The van der Waals surface area contributed by atoms with Gasteiger partial charge >= 0.3 is 6.03 Å². The maximum absolute atomic E-state index is 13.6. The number of methoxy groups -OCH3 is 1. The number of rotatable bonds is 3. The van der Waals surface area contributed by atoms with Crippen molar-refractivity contribution in [1.29, 1.82) is 0 Å². The van der Waals surface area contributed by atoms with Crippen LogP contribution >= 0.6 is 0 Å². The van der Waals surface area contributed by atoms with Crippen LogP contribution in [0.1, 0.15) is 29.5 Å². The third-order valence-corrected chi connectivity index (χ3v) is 5.22. The number of carbonyl (C=O) groups is 2. The Morgan fingerprint density at radius 1 is 1.23 bits per heavy atom. The number of fused-ring (bicyclic) bond motifs is 2. The van der Waals surface area contributed by atoms with Crippen LogP contribution in [0.2, 0.25) is 0 Å². The normalized spacial score (nSPS) is 21.7. The molecule has 26 heavy (non-hydrogen) atoms. The van der Waals surface area contributed by atoms with Crippen LogP contribution in [0.25, 0.3) is 0 Å². The van der Waals surface area contributed by atoms with Crippen molar-refractivity contribution in [3.8, 4) is 5.75 Å². The molecular weight excluding hydrogens is 335 g/mol. The van der Waals surface area contributed by atoms with Gasteiger partial charge in [-0.05, 0) is 48.6 Å². The van der Waals surface area contributed by atoms with Crippen molar-refractivity contribution in [2.75, 3.05) is 7.11 Å². The summed E-state index contributed by atoms with van der Waals surface area (Å²) in [6.45, 7) is -0.0322. The second kappa shape index (κ2) is 6.12. The molecule has 2 aromatic carbocycles. The molecule has 0 radical (unpaired) electrons. The van der Waals surface area contributed by atoms with Gasteiger partial charge in [0.1, 0.15) is 17.1 Å². The van der Waals surface area contributed by atoms with Crippen LogP contribution in [0.3, 0.4) is 0 Å². The summed E-state index contributed by atoms with van der Waals surface area (Å²) in [6, 6.07) is 11.3. The Morgan fingerprint density at radius 2 is 2.04 bits per heavy atom. The standard InChI is InChI=1S/C20H19FN2O3/c1-26-17-9-8-15(21)11-14(17)12-23-18(24)20(22-19(23)25)10-4-6-13-5-2-3-7-16(13)20/h2-3,5,7-9,11H,4,6,10,12H2,1H3,(H,22,25). The molecule has 1 spiro atoms. The molecule has 1 fully saturated rings. The SMILES string of the molecule is COc1ccc(F)cc1CN1C(=O)NC2(CCCc3ccccc32)C1=O. The zero-order chi connectivity index (χ0) is 18.3. The number of carbonyl (C=O) groups excluding carboxylic acids is 2. The van der Waals surface area contributed by atoms with E-state index in [1.54, 1.807) is 0 Å². The molecular formula is C20H19FN2O3. The second-order valence-corrected chi connectivity index (χ2v) is 6.69. The highest BCUT2D eigenvalue weighted by Gasteiger charge is 2.53. The van der Waals surface area contributed by atoms with Gasteiger partial charge in [0.05, 0.1) is 13.7 Å². The highest BCUT2D eigenvalue weighted by atomic mass is 19.1. The number of nitrogens with one attached hydrogen (secondary N) is 1. The largest absolute Gasteiger partial charge is 0.496 e. The van der Waals surface area contributed by atoms with Gasteiger partial charge in [0.2, 0.25) is 0 Å². The molecule has 134 valence electrons. The van der Waals surface area contributed by atoms with E-state index < -0.39 is 17.4 Å². The summed E-state index contributed by atoms with van der Waals surface area (Å²) in [6.07, 6.45) is 2.27. The second-order valence-electron chi connectivity index (χ2n) is 6.69. The van der Waals surface area contributed by atoms with Crippen LogP contribution in [-0.2, 0) is 23.3 Å². The molecule has 1 saturated heterocycles. The molecule has 0 aromatic heterocycles. The number of aryl methyl sites for hydroxylation is 1. The van der Waals surface area contributed by atoms with Crippen molar-refractivity contribution in [2.45, 2.75) is 31.3 Å². The van der Waals surface area contributed by atoms with Crippen molar-refractivity contribution < 1.29 is 18.7 Å². The summed E-state index contributed by atoms with van der Waals surface area (Å²) in [4.78, 5) is 27.0. The van der Waals surface area contributed by atoms with Crippen LogP contribution in [0, 0.1) is 5.82 Å². The van der Waals surface area contributed by atoms with Crippen LogP contribution in [0.4, 0.5) is 9.18 Å². The molecule has 2 aliphatic rings. The van der Waals surface area contributed by atoms with E-state index in [4.69, 9.17) is 4.74 Å². The summed E-state index contributed by atoms with van der Waals surface area (Å²) in [7, 11) is 1.47. The van der Waals surface area contributed by atoms with Crippen molar-refractivity contribution in [2.24, 2.45) is 0 Å². The third kappa shape index (κ3) is 2.44. The predicted molar refractivity (Wildman–Crippen MR) is 93.1 cm³/mol. The molecule has 6 heteroatoms. The van der Waals surface area contributed by atoms with Gasteiger partial charge in [0.25, 0.3) is 5.91 Å². The molecule has 2 aromatic rings. The van der Waals surface area contributed by atoms with Gasteiger partial charge in [0, 0.05) is 5.56 Å². The van der Waals surface area contributed by atoms with Gasteiger partial charge < -0.3 is 10.1 Å². The minimum atomic E-state index is -1.02. The highest BCUT2D eigenvalue weighted by molar-refractivity contribution is 6.07. The lowest BCUT2D eigenvalue weighted by Gasteiger charge is -2.33. The lowest BCUT2D eigenvalue weighted by molar-refractivity contribution is -0.132. The summed E-state index contributed by atoms with van der Waals surface area (Å²) >= 11 is 0. The fraction of sp³-hybridized carbons (Fsp3) is 0.300. The zero-order valence-corrected chi connectivity index (χ0v) is 14.4. The van der Waals surface area contributed by atoms with Crippen LogP contribution in [-0.4, -0.2) is 23.9 Å². The van der Waals surface area contributed by atoms with Gasteiger partial charge in [-0.25, -0.2) is 9.18 Å². The number of hydrogen-bond acceptors (Lipinski definition) is 3. The van der Waals surface area contributed by atoms with Crippen molar-refractivity contribution in [3.05, 3.63) is 65.0 Å². The molecule has 0 saturated carbocycles. The van der Waals surface area contributed by atoms with Crippen molar-refractivity contribution in [3.63, 3.8) is 0 Å². The van der Waals surface area contributed by atoms with Gasteiger partial charge in [0.15, 0.2) is 0 Å². The van der Waals surface area contributed by atoms with Gasteiger partial charge in [-0.15, -0.1) is 0 Å². The number of hydrogen-bond donors (Lipinski definition) is 1. The minimum Gasteiger partial charge on any atom is -0.496 e. The molecule has 4 rings (SSSR count). The molecule has 0 bridgehead atoms. The number of halogens is 1. The Hall–Kier alpha value is -2.89. The number of imide groups is 1. The van der Waals surface area contributed by atoms with E-state index in [0.717, 1.165) is 28.9 Å². The molecule has 1 N–H and O–H groups in total. The Labute approximate surface area is 150 Å². The van der Waals surface area contributed by atoms with E-state index in [1.807, 2.05) is 24.3 Å². The van der Waals surface area contributed by atoms with Crippen LogP contribution < -0.4 is 10.1 Å². The van der Waals surface area contributed by atoms with Crippen molar-refractivity contribution >= 4 is 11.9 Å². The Balaban J connectivity index is 1.71. The fourth-order valence-electron chi connectivity index (χ4n) is 4.00. The lowest BCUT2D eigenvalue weighted by Crippen LogP contribution is -2.46. The monoisotopic (exact) mass is 354 g/mol. The Bertz CT molecular complexity index is 898. The molecule has 1 aliphatic heterocycles. The Kier molecular flexibility index (Phi) is 3.90. The zero-order valence-electron chi connectivity index (χ0n) is 14.4. The molecule has 1 aliphatic carbocycles. The maximum atomic E-state index is 13.6. The van der Waals surface area contributed by atoms with E-state index in [1.165, 1.54) is 25.3 Å². The topological polar surface area (TPSA) is 58.6 Å². The number of benzene rings is 2. The van der Waals surface area contributed by atoms with Gasteiger partial charge in [-0.1, -0.05) is 24.3 Å². The maximum Gasteiger partial charge on any atom is 0.325 e. The number of urea groups is 1. The first kappa shape index (κ1) is 16.6. The van der Waals surface area contributed by atoms with Crippen LogP contribution in [0.5, 0.6) is 5.75 Å². The number of nitrogens with zero attached hydrogens (tertiary/aromatic N) is 1. The lowest BCUT2D eigenvalue weighted by atomic mass is 9.76. The van der Waals surface area contributed by atoms with E-state index in [2.05, 4.69) is 5.32 Å². The van der Waals surface area contributed by atoms with E-state index >= 15 is 0 Å². The molecule has 1 atom stereocenters. The van der Waals surface area contributed by atoms with E-state index in [0.29, 0.717) is 17.7 Å². The number of ether oxygens (including phenoxy) is 1. The summed E-state index contributed by atoms with van der Waals surface area (Å²) in [5, 5.41) is 2.90. The number of amides is 3. The highest BCUT2D eigenvalue weighted by Crippen LogP contribution is 2.40. The Morgan fingerprint density at radius 3 is 2.85 bits per heavy atom. The third-order valence-electron chi connectivity index (χ3n) is 5.22. The predicted octanol–water partition coefficient (Wildman–Crippen LogP) is 3.12. The van der Waals surface area contributed by atoms with Crippen LogP contribution in [0.15, 0.2) is 42.5 Å².